The average Bonchev–Trinajstić information content (AvgIpc) is 2.48. The third-order valence-corrected chi connectivity index (χ3v) is 3.09. The Labute approximate surface area is 126 Å². The van der Waals surface area contributed by atoms with Crippen LogP contribution < -0.4 is 10.1 Å². The highest BCUT2D eigenvalue weighted by molar-refractivity contribution is 5.35. The number of aryl methyl sites for hydroxylation is 1. The Kier molecular flexibility index (Phi) is 5.69. The van der Waals surface area contributed by atoms with Crippen molar-refractivity contribution in [1.29, 1.82) is 0 Å². The van der Waals surface area contributed by atoms with Gasteiger partial charge in [-0.05, 0) is 30.5 Å². The van der Waals surface area contributed by atoms with Crippen LogP contribution in [-0.4, -0.2) is 16.5 Å². The van der Waals surface area contributed by atoms with Gasteiger partial charge in [-0.3, -0.25) is 4.98 Å². The quantitative estimate of drug-likeness (QED) is 0.844. The van der Waals surface area contributed by atoms with Gasteiger partial charge in [0, 0.05) is 12.7 Å². The normalized spacial score (nSPS) is 10.9. The summed E-state index contributed by atoms with van der Waals surface area (Å²) in [6, 6.07) is 8.01. The zero-order valence-electron chi connectivity index (χ0n) is 13.0. The first kappa shape index (κ1) is 15.4. The average molecular weight is 285 g/mol. The fourth-order valence-corrected chi connectivity index (χ4v) is 2.02. The zero-order valence-corrected chi connectivity index (χ0v) is 13.0. The fourth-order valence-electron chi connectivity index (χ4n) is 2.02. The van der Waals surface area contributed by atoms with Gasteiger partial charge < -0.3 is 10.1 Å². The lowest BCUT2D eigenvalue weighted by Gasteiger charge is -2.10. The first-order valence-electron chi connectivity index (χ1n) is 7.46. The minimum absolute atomic E-state index is 0.541. The van der Waals surface area contributed by atoms with Gasteiger partial charge in [-0.1, -0.05) is 39.0 Å². The Morgan fingerprint density at radius 3 is 2.76 bits per heavy atom. The number of hydrogen-bond acceptors (Lipinski definition) is 4. The van der Waals surface area contributed by atoms with Crippen LogP contribution in [0.25, 0.3) is 0 Å². The van der Waals surface area contributed by atoms with E-state index in [0.717, 1.165) is 24.4 Å². The van der Waals surface area contributed by atoms with Crippen LogP contribution in [0, 0.1) is 5.92 Å². The predicted molar refractivity (Wildman–Crippen MR) is 84.5 cm³/mol. The summed E-state index contributed by atoms with van der Waals surface area (Å²) in [6.45, 7) is 8.14. The highest BCUT2D eigenvalue weighted by Gasteiger charge is 2.05. The number of hydrogen-bond donors (Lipinski definition) is 1. The lowest BCUT2D eigenvalue weighted by atomic mass is 10.1. The molecule has 1 aromatic heterocycles. The minimum atomic E-state index is 0.541. The molecule has 2 rings (SSSR count). The van der Waals surface area contributed by atoms with Crippen molar-refractivity contribution in [1.82, 2.24) is 15.3 Å². The highest BCUT2D eigenvalue weighted by atomic mass is 16.5. The third-order valence-electron chi connectivity index (χ3n) is 3.09. The molecule has 21 heavy (non-hydrogen) atoms. The molecule has 2 aromatic rings. The van der Waals surface area contributed by atoms with Crippen molar-refractivity contribution in [3.05, 3.63) is 47.9 Å². The van der Waals surface area contributed by atoms with E-state index in [1.165, 1.54) is 5.56 Å². The van der Waals surface area contributed by atoms with Gasteiger partial charge in [0.2, 0.25) is 5.88 Å². The molecule has 0 saturated carbocycles. The summed E-state index contributed by atoms with van der Waals surface area (Å²) >= 11 is 0. The Morgan fingerprint density at radius 1 is 1.19 bits per heavy atom. The van der Waals surface area contributed by atoms with E-state index >= 15 is 0 Å². The molecule has 1 N–H and O–H groups in total. The number of ether oxygens (including phenoxy) is 1. The summed E-state index contributed by atoms with van der Waals surface area (Å²) in [6.07, 6.45) is 4.35. The van der Waals surface area contributed by atoms with Gasteiger partial charge in [0.1, 0.15) is 5.75 Å². The molecule has 0 amide bonds. The predicted octanol–water partition coefficient (Wildman–Crippen LogP) is 3.58. The van der Waals surface area contributed by atoms with E-state index < -0.39 is 0 Å². The Balaban J connectivity index is 2.03. The zero-order chi connectivity index (χ0) is 15.1. The first-order chi connectivity index (χ1) is 10.2. The molecular formula is C17H23N3O. The Hall–Kier alpha value is -1.94. The molecule has 0 aliphatic rings. The van der Waals surface area contributed by atoms with E-state index in [9.17, 15) is 0 Å². The number of nitrogens with one attached hydrogen (secondary N) is 1. The van der Waals surface area contributed by atoms with E-state index in [4.69, 9.17) is 4.74 Å². The summed E-state index contributed by atoms with van der Waals surface area (Å²) in [5.74, 6) is 2.01. The van der Waals surface area contributed by atoms with Gasteiger partial charge in [-0.2, -0.15) is 0 Å². The first-order valence-corrected chi connectivity index (χ1v) is 7.46. The lowest BCUT2D eigenvalue weighted by molar-refractivity contribution is 0.450. The molecule has 112 valence electrons. The van der Waals surface area contributed by atoms with Gasteiger partial charge in [0.15, 0.2) is 0 Å². The van der Waals surface area contributed by atoms with Crippen LogP contribution >= 0.6 is 0 Å². The molecule has 0 fully saturated rings. The number of para-hydroxylation sites is 1. The van der Waals surface area contributed by atoms with Crippen LogP contribution in [0.4, 0.5) is 0 Å². The van der Waals surface area contributed by atoms with Gasteiger partial charge in [0.25, 0.3) is 0 Å². The van der Waals surface area contributed by atoms with Crippen molar-refractivity contribution < 1.29 is 4.74 Å². The summed E-state index contributed by atoms with van der Waals surface area (Å²) in [5, 5.41) is 3.36. The van der Waals surface area contributed by atoms with Crippen LogP contribution in [0.2, 0.25) is 0 Å². The molecule has 0 radical (unpaired) electrons. The topological polar surface area (TPSA) is 47.0 Å². The summed E-state index contributed by atoms with van der Waals surface area (Å²) in [4.78, 5) is 8.70. The van der Waals surface area contributed by atoms with Crippen molar-refractivity contribution in [3.63, 3.8) is 0 Å². The lowest BCUT2D eigenvalue weighted by Crippen LogP contribution is -2.19. The van der Waals surface area contributed by atoms with Crippen LogP contribution in [0.3, 0.4) is 0 Å². The second-order valence-electron chi connectivity index (χ2n) is 5.44. The molecule has 0 spiro atoms. The third kappa shape index (κ3) is 4.83. The van der Waals surface area contributed by atoms with Crippen molar-refractivity contribution >= 4 is 0 Å². The minimum Gasteiger partial charge on any atom is -0.437 e. The van der Waals surface area contributed by atoms with Gasteiger partial charge in [-0.15, -0.1) is 0 Å². The van der Waals surface area contributed by atoms with E-state index in [0.29, 0.717) is 18.3 Å². The van der Waals surface area contributed by atoms with Crippen LogP contribution in [-0.2, 0) is 13.0 Å². The molecule has 0 aliphatic carbocycles. The van der Waals surface area contributed by atoms with E-state index in [-0.39, 0.29) is 0 Å². The standard InChI is InChI=1S/C17H23N3O/c1-4-14-7-5-6-8-16(14)21-17-12-19-11-15(20-17)10-18-9-13(2)3/h5-8,11-13,18H,4,9-10H2,1-3H3. The number of rotatable bonds is 7. The van der Waals surface area contributed by atoms with Crippen molar-refractivity contribution in [2.45, 2.75) is 33.7 Å². The Morgan fingerprint density at radius 2 is 2.00 bits per heavy atom. The maximum atomic E-state index is 5.87. The molecule has 0 unspecified atom stereocenters. The molecular weight excluding hydrogens is 262 g/mol. The van der Waals surface area contributed by atoms with Gasteiger partial charge in [-0.25, -0.2) is 4.98 Å². The number of benzene rings is 1. The van der Waals surface area contributed by atoms with Crippen LogP contribution in [0.15, 0.2) is 36.7 Å². The smallest absolute Gasteiger partial charge is 0.238 e. The molecule has 4 heteroatoms. The van der Waals surface area contributed by atoms with Crippen molar-refractivity contribution in [2.75, 3.05) is 6.54 Å². The number of nitrogens with zero attached hydrogens (tertiary/aromatic N) is 2. The molecule has 0 atom stereocenters. The molecule has 1 aromatic carbocycles. The molecule has 0 aliphatic heterocycles. The summed E-state index contributed by atoms with van der Waals surface area (Å²) in [5.41, 5.74) is 2.06. The van der Waals surface area contributed by atoms with Gasteiger partial charge in [0.05, 0.1) is 11.9 Å². The van der Waals surface area contributed by atoms with E-state index in [1.807, 2.05) is 18.2 Å². The summed E-state index contributed by atoms with van der Waals surface area (Å²) in [7, 11) is 0. The van der Waals surface area contributed by atoms with Crippen molar-refractivity contribution in [3.8, 4) is 11.6 Å². The van der Waals surface area contributed by atoms with Crippen LogP contribution in [0.1, 0.15) is 32.0 Å². The van der Waals surface area contributed by atoms with Crippen molar-refractivity contribution in [2.24, 2.45) is 5.92 Å². The molecule has 0 saturated heterocycles. The highest BCUT2D eigenvalue weighted by Crippen LogP contribution is 2.23. The SMILES string of the molecule is CCc1ccccc1Oc1cncc(CNCC(C)C)n1. The maximum absolute atomic E-state index is 5.87. The van der Waals surface area contributed by atoms with Crippen LogP contribution in [0.5, 0.6) is 11.6 Å². The van der Waals surface area contributed by atoms with E-state index in [2.05, 4.69) is 42.1 Å². The second-order valence-corrected chi connectivity index (χ2v) is 5.44. The second kappa shape index (κ2) is 7.74. The molecule has 4 nitrogen and oxygen atoms in total. The monoisotopic (exact) mass is 285 g/mol. The largest absolute Gasteiger partial charge is 0.437 e. The Bertz CT molecular complexity index is 569. The van der Waals surface area contributed by atoms with Gasteiger partial charge >= 0.3 is 0 Å². The number of aromatic nitrogens is 2. The molecule has 1 heterocycles. The van der Waals surface area contributed by atoms with E-state index in [1.54, 1.807) is 12.4 Å². The maximum Gasteiger partial charge on any atom is 0.238 e. The fraction of sp³-hybridized carbons (Fsp3) is 0.412. The molecule has 0 bridgehead atoms. The summed E-state index contributed by atoms with van der Waals surface area (Å²) < 4.78 is 5.87.